The van der Waals surface area contributed by atoms with Crippen molar-refractivity contribution in [1.82, 2.24) is 4.90 Å². The normalized spacial score (nSPS) is 14.1. The van der Waals surface area contributed by atoms with E-state index in [2.05, 4.69) is 5.32 Å². The van der Waals surface area contributed by atoms with Crippen LogP contribution in [-0.2, 0) is 20.8 Å². The van der Waals surface area contributed by atoms with Gasteiger partial charge in [0, 0.05) is 28.9 Å². The number of methoxy groups -OCH3 is 1. The van der Waals surface area contributed by atoms with Crippen LogP contribution in [0.2, 0.25) is 0 Å². The largest absolute Gasteiger partial charge is 0.506 e. The number of aliphatic hydroxyl groups is 1. The number of carbonyl (C=O) groups excluding carboxylic acids is 1. The number of aliphatic carboxylic acids is 2. The zero-order chi connectivity index (χ0) is 28.2. The lowest BCUT2D eigenvalue weighted by Crippen LogP contribution is -2.34. The molecule has 5 N–H and O–H groups in total. The molecule has 10 heteroatoms. The molecule has 0 radical (unpaired) electrons. The molecule has 0 saturated heterocycles. The number of nitrogens with one attached hydrogen (secondary N) is 1. The van der Waals surface area contributed by atoms with Crippen LogP contribution < -0.4 is 10.1 Å². The number of aliphatic hydroxyl groups excluding tert-OH is 1. The average molecular weight is 478 g/mol. The van der Waals surface area contributed by atoms with Gasteiger partial charge in [0.15, 0.2) is 0 Å². The van der Waals surface area contributed by atoms with Gasteiger partial charge in [-0.15, -0.1) is 0 Å². The summed E-state index contributed by atoms with van der Waals surface area (Å²) in [4.78, 5) is 31.0. The van der Waals surface area contributed by atoms with Crippen molar-refractivity contribution in [3.63, 3.8) is 0 Å². The third kappa shape index (κ3) is 10.2. The molecular weight excluding hydrogens is 444 g/mol. The first kappa shape index (κ1) is 23.3. The number of anilines is 1. The summed E-state index contributed by atoms with van der Waals surface area (Å²) in [5.41, 5.74) is 1.48. The van der Waals surface area contributed by atoms with Gasteiger partial charge >= 0.3 is 11.9 Å². The number of rotatable bonds is 11. The molecule has 0 aliphatic rings. The maximum atomic E-state index is 10.6. The van der Waals surface area contributed by atoms with E-state index in [0.29, 0.717) is 30.5 Å². The minimum atomic E-state index is -2.41. The molecule has 0 aromatic heterocycles. The fourth-order valence-electron chi connectivity index (χ4n) is 2.77. The molecule has 0 heterocycles. The number of carboxylic acid groups (broad SMARTS) is 2. The van der Waals surface area contributed by atoms with Gasteiger partial charge in [-0.25, -0.2) is 9.59 Å². The summed E-state index contributed by atoms with van der Waals surface area (Å²) in [5.74, 6) is -1.94. The molecule has 2 atom stereocenters. The van der Waals surface area contributed by atoms with E-state index in [0.717, 1.165) is 11.3 Å². The summed E-state index contributed by atoms with van der Waals surface area (Å²) in [5, 5.41) is 38.3. The van der Waals surface area contributed by atoms with Crippen molar-refractivity contribution < 1.29 is 43.7 Å². The van der Waals surface area contributed by atoms with Gasteiger partial charge in [0.2, 0.25) is 6.41 Å². The van der Waals surface area contributed by atoms with Gasteiger partial charge in [-0.05, 0) is 55.7 Å². The van der Waals surface area contributed by atoms with Gasteiger partial charge in [-0.2, -0.15) is 0 Å². The van der Waals surface area contributed by atoms with E-state index in [1.165, 1.54) is 23.1 Å². The zero-order valence-electron chi connectivity index (χ0n) is 21.7. The number of likely N-dealkylation sites (N-methyl/N-ethyl adjacent to an activating group) is 1. The number of nitrogens with zero attached hydrogens (tertiary/aromatic N) is 1. The van der Waals surface area contributed by atoms with Crippen molar-refractivity contribution in [3.8, 4) is 11.5 Å². The SMILES string of the molecule is O=C(O)/C=C/C(=O)O.[2H]C([2H])([2H])N(CC(O)c1ccc(O)c(NC=O)c1)C(C)Cc1ccc(OC)cc1. The number of carboxylic acids is 2. The van der Waals surface area contributed by atoms with Crippen LogP contribution in [0.3, 0.4) is 0 Å². The van der Waals surface area contributed by atoms with Gasteiger partial charge in [-0.3, -0.25) is 4.79 Å². The molecule has 0 aliphatic carbocycles. The highest BCUT2D eigenvalue weighted by atomic mass is 16.5. The Morgan fingerprint density at radius 3 is 2.26 bits per heavy atom. The molecule has 1 amide bonds. The lowest BCUT2D eigenvalue weighted by molar-refractivity contribution is -0.134. The topological polar surface area (TPSA) is 157 Å². The Morgan fingerprint density at radius 2 is 1.76 bits per heavy atom. The first-order valence-electron chi connectivity index (χ1n) is 11.5. The van der Waals surface area contributed by atoms with E-state index in [1.807, 2.05) is 24.3 Å². The number of phenolic OH excluding ortho intramolecular Hbond substituents is 1. The van der Waals surface area contributed by atoms with E-state index in [1.54, 1.807) is 14.0 Å². The molecule has 0 bridgehead atoms. The number of aromatic hydroxyl groups is 1. The number of hydrogen-bond acceptors (Lipinski definition) is 7. The van der Waals surface area contributed by atoms with Crippen LogP contribution in [0.5, 0.6) is 11.5 Å². The molecule has 2 unspecified atom stereocenters. The maximum Gasteiger partial charge on any atom is 0.328 e. The van der Waals surface area contributed by atoms with E-state index < -0.39 is 25.0 Å². The lowest BCUT2D eigenvalue weighted by Gasteiger charge is -2.27. The second-order valence-corrected chi connectivity index (χ2v) is 7.12. The van der Waals surface area contributed by atoms with E-state index >= 15 is 0 Å². The van der Waals surface area contributed by atoms with E-state index in [4.69, 9.17) is 19.1 Å². The van der Waals surface area contributed by atoms with Crippen molar-refractivity contribution >= 4 is 24.0 Å². The molecule has 2 aromatic rings. The highest BCUT2D eigenvalue weighted by molar-refractivity contribution is 5.89. The second-order valence-electron chi connectivity index (χ2n) is 7.12. The van der Waals surface area contributed by atoms with Crippen molar-refractivity contribution in [2.24, 2.45) is 0 Å². The van der Waals surface area contributed by atoms with E-state index in [-0.39, 0.29) is 24.0 Å². The summed E-state index contributed by atoms with van der Waals surface area (Å²) < 4.78 is 28.8. The average Bonchev–Trinajstić information content (AvgIpc) is 2.82. The minimum absolute atomic E-state index is 0.140. The quantitative estimate of drug-likeness (QED) is 0.186. The predicted molar refractivity (Wildman–Crippen MR) is 126 cm³/mol. The molecule has 2 aromatic carbocycles. The standard InChI is InChI=1S/C20H26N2O4.C4H4O4/c1-14(10-15-4-7-17(26-3)8-5-15)22(2)12-20(25)16-6-9-19(24)18(11-16)21-13-23;5-3(6)1-2-4(7)8/h4-9,11,13-14,20,24-25H,10,12H2,1-3H3,(H,21,23);1-2H,(H,5,6)(H,7,8)/b;2-1+/i2D3;. The summed E-state index contributed by atoms with van der Waals surface area (Å²) in [6, 6.07) is 11.2. The fraction of sp³-hybridized carbons (Fsp3) is 0.292. The van der Waals surface area contributed by atoms with Crippen LogP contribution in [0.4, 0.5) is 5.69 Å². The minimum Gasteiger partial charge on any atom is -0.506 e. The Hall–Kier alpha value is -3.89. The Bertz CT molecular complexity index is 1060. The van der Waals surface area contributed by atoms with Crippen LogP contribution in [0, 0.1) is 0 Å². The van der Waals surface area contributed by atoms with Crippen molar-refractivity contribution in [2.75, 3.05) is 25.9 Å². The smallest absolute Gasteiger partial charge is 0.328 e. The highest BCUT2D eigenvalue weighted by Gasteiger charge is 2.17. The molecule has 34 heavy (non-hydrogen) atoms. The summed E-state index contributed by atoms with van der Waals surface area (Å²) in [7, 11) is 1.58. The third-order valence-electron chi connectivity index (χ3n) is 4.58. The van der Waals surface area contributed by atoms with Gasteiger partial charge in [0.25, 0.3) is 0 Å². The first-order chi connectivity index (χ1) is 17.3. The number of phenols is 1. The lowest BCUT2D eigenvalue weighted by atomic mass is 10.0. The number of benzene rings is 2. The Balaban J connectivity index is 0.000000738. The van der Waals surface area contributed by atoms with Crippen molar-refractivity contribution in [3.05, 3.63) is 65.7 Å². The third-order valence-corrected chi connectivity index (χ3v) is 4.58. The number of amides is 1. The molecule has 10 nitrogen and oxygen atoms in total. The Kier molecular flexibility index (Phi) is 9.79. The first-order valence-corrected chi connectivity index (χ1v) is 10.0. The summed E-state index contributed by atoms with van der Waals surface area (Å²) >= 11 is 0. The van der Waals surface area contributed by atoms with Gasteiger partial charge in [0.1, 0.15) is 11.5 Å². The Labute approximate surface area is 201 Å². The molecule has 0 fully saturated rings. The molecule has 2 rings (SSSR count). The highest BCUT2D eigenvalue weighted by Crippen LogP contribution is 2.27. The van der Waals surface area contributed by atoms with Crippen LogP contribution in [0.25, 0.3) is 0 Å². The van der Waals surface area contributed by atoms with Gasteiger partial charge < -0.3 is 35.4 Å². The summed E-state index contributed by atoms with van der Waals surface area (Å²) in [6.07, 6.45) is 0.881. The monoisotopic (exact) mass is 477 g/mol. The molecule has 0 spiro atoms. The number of ether oxygens (including phenoxy) is 1. The second kappa shape index (κ2) is 14.3. The van der Waals surface area contributed by atoms with E-state index in [9.17, 15) is 24.6 Å². The van der Waals surface area contributed by atoms with Gasteiger partial charge in [0.05, 0.1) is 18.9 Å². The molecule has 0 aliphatic heterocycles. The Morgan fingerprint density at radius 1 is 1.15 bits per heavy atom. The van der Waals surface area contributed by atoms with Crippen molar-refractivity contribution in [1.29, 1.82) is 0 Å². The molecular formula is C24H30N2O8. The number of hydrogen-bond donors (Lipinski definition) is 5. The fourth-order valence-corrected chi connectivity index (χ4v) is 2.77. The van der Waals surface area contributed by atoms with Gasteiger partial charge in [-0.1, -0.05) is 18.2 Å². The predicted octanol–water partition coefficient (Wildman–Crippen LogP) is 2.28. The zero-order valence-corrected chi connectivity index (χ0v) is 18.7. The van der Waals surface area contributed by atoms with Crippen LogP contribution in [0.1, 0.15) is 28.3 Å². The molecule has 184 valence electrons. The number of carbonyl (C=O) groups is 3. The van der Waals surface area contributed by atoms with Crippen LogP contribution in [-0.4, -0.2) is 70.3 Å². The summed E-state index contributed by atoms with van der Waals surface area (Å²) in [6.45, 7) is -0.758. The van der Waals surface area contributed by atoms with Crippen LogP contribution >= 0.6 is 0 Å². The maximum absolute atomic E-state index is 10.6. The van der Waals surface area contributed by atoms with Crippen LogP contribution in [0.15, 0.2) is 54.6 Å². The van der Waals surface area contributed by atoms with Crippen molar-refractivity contribution in [2.45, 2.75) is 25.5 Å². The molecule has 0 saturated carbocycles.